The second-order valence-electron chi connectivity index (χ2n) is 8.65. The summed E-state index contributed by atoms with van der Waals surface area (Å²) in [6, 6.07) is 11.1. The predicted octanol–water partition coefficient (Wildman–Crippen LogP) is 5.86. The molecule has 0 aliphatic carbocycles. The summed E-state index contributed by atoms with van der Waals surface area (Å²) >= 11 is 0. The van der Waals surface area contributed by atoms with Gasteiger partial charge in [-0.2, -0.15) is 0 Å². The van der Waals surface area contributed by atoms with Gasteiger partial charge in [-0.3, -0.25) is 0 Å². The highest BCUT2D eigenvalue weighted by molar-refractivity contribution is 5.91. The van der Waals surface area contributed by atoms with Crippen molar-refractivity contribution in [2.45, 2.75) is 59.0 Å². The number of carbonyl (C=O) groups excluding carboxylic acids is 1. The lowest BCUT2D eigenvalue weighted by Crippen LogP contribution is -2.41. The Kier molecular flexibility index (Phi) is 9.22. The predicted molar refractivity (Wildman–Crippen MR) is 137 cm³/mol. The van der Waals surface area contributed by atoms with Crippen molar-refractivity contribution < 1.29 is 19.4 Å². The number of nitrogens with zero attached hydrogens (tertiary/aromatic N) is 1. The molecule has 7 nitrogen and oxygen atoms in total. The topological polar surface area (TPSA) is 86.8 Å². The van der Waals surface area contributed by atoms with Gasteiger partial charge in [0.2, 0.25) is 0 Å². The van der Waals surface area contributed by atoms with Crippen molar-refractivity contribution in [2.75, 3.05) is 25.6 Å². The zero-order valence-corrected chi connectivity index (χ0v) is 20.7. The fourth-order valence-electron chi connectivity index (χ4n) is 4.13. The number of aromatic nitrogens is 1. The van der Waals surface area contributed by atoms with Crippen molar-refractivity contribution in [3.8, 4) is 11.5 Å². The van der Waals surface area contributed by atoms with Crippen LogP contribution in [-0.4, -0.2) is 47.4 Å². The van der Waals surface area contributed by atoms with E-state index < -0.39 is 0 Å². The number of urea groups is 1. The van der Waals surface area contributed by atoms with E-state index in [1.54, 1.807) is 24.1 Å². The van der Waals surface area contributed by atoms with Crippen molar-refractivity contribution in [3.05, 3.63) is 53.7 Å². The zero-order chi connectivity index (χ0) is 24.5. The third kappa shape index (κ3) is 6.23. The molecule has 0 fully saturated rings. The average molecular weight is 468 g/mol. The number of nitrogens with one attached hydrogen (secondary N) is 2. The Morgan fingerprint density at radius 2 is 2.03 bits per heavy atom. The van der Waals surface area contributed by atoms with Crippen LogP contribution < -0.4 is 14.8 Å². The second kappa shape index (κ2) is 12.3. The first-order valence-electron chi connectivity index (χ1n) is 12.0. The fourth-order valence-corrected chi connectivity index (χ4v) is 4.13. The van der Waals surface area contributed by atoms with Gasteiger partial charge >= 0.3 is 6.03 Å². The van der Waals surface area contributed by atoms with Gasteiger partial charge < -0.3 is 29.8 Å². The first-order chi connectivity index (χ1) is 16.5. The maximum Gasteiger partial charge on any atom is 0.322 e. The maximum atomic E-state index is 13.4. The summed E-state index contributed by atoms with van der Waals surface area (Å²) in [6.45, 7) is 7.20. The lowest BCUT2D eigenvalue weighted by molar-refractivity contribution is 0.170. The van der Waals surface area contributed by atoms with Gasteiger partial charge in [0.15, 0.2) is 11.5 Å². The fraction of sp³-hybridized carbons (Fsp3) is 0.444. The van der Waals surface area contributed by atoms with Crippen LogP contribution >= 0.6 is 0 Å². The van der Waals surface area contributed by atoms with Crippen LogP contribution in [0.5, 0.6) is 11.5 Å². The quantitative estimate of drug-likeness (QED) is 0.291. The molecule has 1 aromatic heterocycles. The van der Waals surface area contributed by atoms with Crippen molar-refractivity contribution in [1.29, 1.82) is 0 Å². The number of aliphatic hydroxyl groups excluding tert-OH is 1. The van der Waals surface area contributed by atoms with Crippen LogP contribution in [0.4, 0.5) is 10.5 Å². The molecule has 184 valence electrons. The van der Waals surface area contributed by atoms with Gasteiger partial charge in [0.25, 0.3) is 0 Å². The van der Waals surface area contributed by atoms with E-state index in [1.165, 1.54) is 0 Å². The molecular weight excluding hydrogens is 430 g/mol. The number of methoxy groups -OCH3 is 1. The largest absolute Gasteiger partial charge is 0.493 e. The molecule has 2 aromatic carbocycles. The molecule has 0 saturated carbocycles. The molecular formula is C27H37N3O4. The number of aryl methyl sites for hydroxylation is 1. The van der Waals surface area contributed by atoms with Crippen LogP contribution in [0.3, 0.4) is 0 Å². The van der Waals surface area contributed by atoms with Gasteiger partial charge in [0, 0.05) is 48.0 Å². The Bertz CT molecular complexity index is 1080. The van der Waals surface area contributed by atoms with Crippen LogP contribution in [0.1, 0.15) is 50.7 Å². The highest BCUT2D eigenvalue weighted by Crippen LogP contribution is 2.31. The van der Waals surface area contributed by atoms with E-state index in [-0.39, 0.29) is 18.7 Å². The summed E-state index contributed by atoms with van der Waals surface area (Å²) in [7, 11) is 1.61. The Hall–Kier alpha value is -3.19. The summed E-state index contributed by atoms with van der Waals surface area (Å²) in [5.41, 5.74) is 3.88. The van der Waals surface area contributed by atoms with Crippen LogP contribution in [0.15, 0.2) is 42.6 Å². The van der Waals surface area contributed by atoms with Gasteiger partial charge in [0.05, 0.1) is 13.7 Å². The molecule has 3 N–H and O–H groups in total. The molecule has 1 heterocycles. The van der Waals surface area contributed by atoms with Crippen molar-refractivity contribution in [1.82, 2.24) is 9.88 Å². The highest BCUT2D eigenvalue weighted by Gasteiger charge is 2.22. The van der Waals surface area contributed by atoms with Gasteiger partial charge in [-0.15, -0.1) is 0 Å². The lowest BCUT2D eigenvalue weighted by atomic mass is 10.1. The molecule has 0 aliphatic rings. The number of anilines is 1. The maximum absolute atomic E-state index is 13.4. The normalized spacial score (nSPS) is 11.9. The summed E-state index contributed by atoms with van der Waals surface area (Å²) < 4.78 is 11.3. The monoisotopic (exact) mass is 467 g/mol. The molecule has 2 amide bonds. The molecule has 3 aromatic rings. The number of fused-ring (bicyclic) bond motifs is 1. The molecule has 0 spiro atoms. The first-order valence-corrected chi connectivity index (χ1v) is 12.0. The van der Waals surface area contributed by atoms with E-state index in [9.17, 15) is 9.90 Å². The smallest absolute Gasteiger partial charge is 0.322 e. The van der Waals surface area contributed by atoms with E-state index in [0.29, 0.717) is 36.8 Å². The van der Waals surface area contributed by atoms with E-state index >= 15 is 0 Å². The third-order valence-corrected chi connectivity index (χ3v) is 6.09. The van der Waals surface area contributed by atoms with Crippen molar-refractivity contribution in [3.63, 3.8) is 0 Å². The van der Waals surface area contributed by atoms with Crippen LogP contribution in [0, 0.1) is 6.92 Å². The highest BCUT2D eigenvalue weighted by atomic mass is 16.5. The number of rotatable bonds is 12. The number of carbonyl (C=O) groups is 1. The van der Waals surface area contributed by atoms with Crippen LogP contribution in [-0.2, 0) is 6.54 Å². The number of ether oxygens (including phenoxy) is 2. The standard InChI is InChI=1S/C27H37N3O4/c1-5-6-7-15-34-25-16-22(11-12-24(25)33-4)29-27(32)30(20(3)13-14-31)18-21-9-8-10-23-26(21)19(2)17-28-23/h8-12,16-17,20,28,31H,5-7,13-15,18H2,1-4H3,(H,29,32)/t20-/m0/s1. The van der Waals surface area contributed by atoms with Gasteiger partial charge in [-0.05, 0) is 56.0 Å². The van der Waals surface area contributed by atoms with Gasteiger partial charge in [-0.25, -0.2) is 4.79 Å². The molecule has 0 saturated heterocycles. The Labute approximate surface area is 202 Å². The molecule has 0 unspecified atom stereocenters. The molecule has 0 aliphatic heterocycles. The number of hydrogen-bond acceptors (Lipinski definition) is 4. The van der Waals surface area contributed by atoms with E-state index in [1.807, 2.05) is 37.4 Å². The molecule has 3 rings (SSSR count). The number of aliphatic hydroxyl groups is 1. The molecule has 0 radical (unpaired) electrons. The number of amides is 2. The van der Waals surface area contributed by atoms with Gasteiger partial charge in [0.1, 0.15) is 0 Å². The number of unbranched alkanes of at least 4 members (excludes halogenated alkanes) is 2. The van der Waals surface area contributed by atoms with Crippen molar-refractivity contribution in [2.24, 2.45) is 0 Å². The van der Waals surface area contributed by atoms with E-state index in [4.69, 9.17) is 9.47 Å². The zero-order valence-electron chi connectivity index (χ0n) is 20.7. The molecule has 34 heavy (non-hydrogen) atoms. The average Bonchev–Trinajstić information content (AvgIpc) is 3.22. The summed E-state index contributed by atoms with van der Waals surface area (Å²) in [6.07, 6.45) is 5.66. The minimum atomic E-state index is -0.228. The van der Waals surface area contributed by atoms with E-state index in [2.05, 4.69) is 24.1 Å². The van der Waals surface area contributed by atoms with Crippen LogP contribution in [0.25, 0.3) is 10.9 Å². The Balaban J connectivity index is 1.81. The Morgan fingerprint density at radius 3 is 2.76 bits per heavy atom. The van der Waals surface area contributed by atoms with Crippen molar-refractivity contribution >= 4 is 22.6 Å². The minimum Gasteiger partial charge on any atom is -0.493 e. The minimum absolute atomic E-state index is 0.0105. The number of benzene rings is 2. The third-order valence-electron chi connectivity index (χ3n) is 6.09. The first kappa shape index (κ1) is 25.4. The Morgan fingerprint density at radius 1 is 1.21 bits per heavy atom. The lowest BCUT2D eigenvalue weighted by Gasteiger charge is -2.30. The van der Waals surface area contributed by atoms with Crippen LogP contribution in [0.2, 0.25) is 0 Å². The molecule has 1 atom stereocenters. The number of hydrogen-bond donors (Lipinski definition) is 3. The number of H-pyrrole nitrogens is 1. The molecule has 0 bridgehead atoms. The van der Waals surface area contributed by atoms with Gasteiger partial charge in [-0.1, -0.05) is 31.9 Å². The number of aromatic amines is 1. The summed E-state index contributed by atoms with van der Waals surface area (Å²) in [4.78, 5) is 18.5. The summed E-state index contributed by atoms with van der Waals surface area (Å²) in [5.74, 6) is 1.24. The summed E-state index contributed by atoms with van der Waals surface area (Å²) in [5, 5.41) is 13.7. The SMILES string of the molecule is CCCCCOc1cc(NC(=O)N(Cc2cccc3[nH]cc(C)c23)[C@@H](C)CCO)ccc1OC. The molecule has 7 heteroatoms. The van der Waals surface area contributed by atoms with E-state index in [0.717, 1.165) is 41.3 Å². The second-order valence-corrected chi connectivity index (χ2v) is 8.65.